The number of nitrogens with one attached hydrogen (secondary N) is 1. The first kappa shape index (κ1) is 39.6. The highest BCUT2D eigenvalue weighted by Gasteiger charge is 2.60. The van der Waals surface area contributed by atoms with E-state index in [1.807, 2.05) is 90.4 Å². The molecule has 3 aromatic carbocycles. The van der Waals surface area contributed by atoms with Gasteiger partial charge in [-0.1, -0.05) is 85.9 Å². The Morgan fingerprint density at radius 2 is 1.52 bits per heavy atom. The standard InChI is InChI=1S/C43H48Cl3N5O3/c1-8-54-36-25-37(41(3,4)5)47-26-33(36)39-49-42(6,29-10-14-31(44)15-11-29)43(7,30-12-16-32(45)17-13-30)51(39)40(53)50-21-19-28(20-22-50)24-38(52)48-35-23-27(2)9-18-34(35)46/h9-18,23,25-26,28H,8,19-22,24H2,1-7H3,(H,48,52)/t42-,43+/m0/s1. The number of aromatic nitrogens is 1. The summed E-state index contributed by atoms with van der Waals surface area (Å²) in [5.74, 6) is 1.07. The molecule has 4 aromatic rings. The van der Waals surface area contributed by atoms with Crippen LogP contribution >= 0.6 is 34.8 Å². The lowest BCUT2D eigenvalue weighted by Crippen LogP contribution is -2.59. The smallest absolute Gasteiger partial charge is 0.326 e. The summed E-state index contributed by atoms with van der Waals surface area (Å²) in [5, 5.41) is 4.67. The van der Waals surface area contributed by atoms with Crippen LogP contribution in [0.2, 0.25) is 15.1 Å². The average molecular weight is 789 g/mol. The summed E-state index contributed by atoms with van der Waals surface area (Å²) < 4.78 is 6.29. The highest BCUT2D eigenvalue weighted by atomic mass is 35.5. The van der Waals surface area contributed by atoms with E-state index in [1.165, 1.54) is 0 Å². The number of rotatable bonds is 8. The molecule has 1 saturated heterocycles. The second-order valence-electron chi connectivity index (χ2n) is 15.6. The van der Waals surface area contributed by atoms with Gasteiger partial charge in [0.15, 0.2) is 0 Å². The molecular weight excluding hydrogens is 741 g/mol. The summed E-state index contributed by atoms with van der Waals surface area (Å²) in [6.45, 7) is 15.7. The molecule has 2 aliphatic heterocycles. The number of amides is 3. The van der Waals surface area contributed by atoms with Crippen LogP contribution < -0.4 is 10.1 Å². The van der Waals surface area contributed by atoms with E-state index in [9.17, 15) is 4.79 Å². The van der Waals surface area contributed by atoms with E-state index < -0.39 is 11.1 Å². The fourth-order valence-electron chi connectivity index (χ4n) is 7.53. The fraction of sp³-hybridized carbons (Fsp3) is 0.395. The zero-order valence-electron chi connectivity index (χ0n) is 32.0. The third-order valence-electron chi connectivity index (χ3n) is 10.9. The number of piperidine rings is 1. The predicted octanol–water partition coefficient (Wildman–Crippen LogP) is 10.8. The summed E-state index contributed by atoms with van der Waals surface area (Å²) in [6.07, 6.45) is 3.45. The van der Waals surface area contributed by atoms with E-state index in [0.29, 0.717) is 76.9 Å². The first-order valence-corrected chi connectivity index (χ1v) is 19.6. The molecule has 2 atom stereocenters. The minimum Gasteiger partial charge on any atom is -0.493 e. The largest absolute Gasteiger partial charge is 0.493 e. The summed E-state index contributed by atoms with van der Waals surface area (Å²) in [6, 6.07) is 22.6. The number of aliphatic imine (C=N–C) groups is 1. The molecule has 3 amide bonds. The van der Waals surface area contributed by atoms with Gasteiger partial charge in [-0.25, -0.2) is 4.79 Å². The Morgan fingerprint density at radius 3 is 2.11 bits per heavy atom. The molecule has 0 spiro atoms. The van der Waals surface area contributed by atoms with Crippen LogP contribution in [0.3, 0.4) is 0 Å². The van der Waals surface area contributed by atoms with E-state index in [2.05, 4.69) is 39.9 Å². The average Bonchev–Trinajstić information content (AvgIpc) is 3.37. The number of benzene rings is 3. The van der Waals surface area contributed by atoms with Crippen molar-refractivity contribution in [1.82, 2.24) is 14.8 Å². The number of nitrogens with zero attached hydrogens (tertiary/aromatic N) is 4. The van der Waals surface area contributed by atoms with Crippen molar-refractivity contribution in [3.63, 3.8) is 0 Å². The van der Waals surface area contributed by atoms with Gasteiger partial charge in [0, 0.05) is 52.9 Å². The second-order valence-corrected chi connectivity index (χ2v) is 16.9. The number of aryl methyl sites for hydroxylation is 1. The summed E-state index contributed by atoms with van der Waals surface area (Å²) in [4.78, 5) is 42.6. The fourth-order valence-corrected chi connectivity index (χ4v) is 7.94. The zero-order valence-corrected chi connectivity index (χ0v) is 34.2. The van der Waals surface area contributed by atoms with Crippen molar-refractivity contribution in [2.75, 3.05) is 25.0 Å². The lowest BCUT2D eigenvalue weighted by Gasteiger charge is -2.47. The van der Waals surface area contributed by atoms with Gasteiger partial charge in [-0.15, -0.1) is 0 Å². The number of likely N-dealkylation sites (tertiary alicyclic amines) is 1. The molecule has 1 fully saturated rings. The van der Waals surface area contributed by atoms with Crippen molar-refractivity contribution in [2.24, 2.45) is 10.9 Å². The number of carbonyl (C=O) groups is 2. The van der Waals surface area contributed by atoms with Crippen molar-refractivity contribution in [3.8, 4) is 5.75 Å². The first-order chi connectivity index (χ1) is 25.5. The molecule has 0 aliphatic carbocycles. The van der Waals surface area contributed by atoms with Gasteiger partial charge < -0.3 is 15.0 Å². The number of anilines is 1. The summed E-state index contributed by atoms with van der Waals surface area (Å²) in [5.41, 5.74) is 2.57. The van der Waals surface area contributed by atoms with Crippen molar-refractivity contribution >= 4 is 58.3 Å². The Morgan fingerprint density at radius 1 is 0.907 bits per heavy atom. The van der Waals surface area contributed by atoms with Gasteiger partial charge in [0.2, 0.25) is 5.91 Å². The van der Waals surface area contributed by atoms with Crippen molar-refractivity contribution in [3.05, 3.63) is 122 Å². The van der Waals surface area contributed by atoms with Crippen LogP contribution in [0.25, 0.3) is 0 Å². The second kappa shape index (κ2) is 15.6. The van der Waals surface area contributed by atoms with Crippen LogP contribution in [0, 0.1) is 12.8 Å². The molecule has 11 heteroatoms. The Hall–Kier alpha value is -4.11. The van der Waals surface area contributed by atoms with E-state index in [-0.39, 0.29) is 23.3 Å². The summed E-state index contributed by atoms with van der Waals surface area (Å²) in [7, 11) is 0. The van der Waals surface area contributed by atoms with Crippen molar-refractivity contribution in [1.29, 1.82) is 0 Å². The number of hydrogen-bond donors (Lipinski definition) is 1. The van der Waals surface area contributed by atoms with E-state index >= 15 is 4.79 Å². The van der Waals surface area contributed by atoms with Crippen LogP contribution in [0.4, 0.5) is 10.5 Å². The molecule has 8 nitrogen and oxygen atoms in total. The van der Waals surface area contributed by atoms with Crippen LogP contribution in [-0.2, 0) is 21.3 Å². The molecule has 0 unspecified atom stereocenters. The SMILES string of the molecule is CCOc1cc(C(C)(C)C)ncc1C1=N[C@@](C)(c2ccc(Cl)cc2)[C@@](C)(c2ccc(Cl)cc2)N1C(=O)N1CCC(CC(=O)Nc2cc(C)ccc2Cl)CC1. The molecule has 1 N–H and O–H groups in total. The van der Waals surface area contributed by atoms with Crippen LogP contribution in [-0.4, -0.2) is 52.3 Å². The van der Waals surface area contributed by atoms with Gasteiger partial charge in [0.1, 0.15) is 22.7 Å². The quantitative estimate of drug-likeness (QED) is 0.193. The highest BCUT2D eigenvalue weighted by molar-refractivity contribution is 6.33. The molecule has 2 aliphatic rings. The third-order valence-corrected chi connectivity index (χ3v) is 11.7. The maximum Gasteiger partial charge on any atom is 0.326 e. The molecule has 0 saturated carbocycles. The predicted molar refractivity (Wildman–Crippen MR) is 219 cm³/mol. The lowest BCUT2D eigenvalue weighted by atomic mass is 9.71. The molecule has 284 valence electrons. The van der Waals surface area contributed by atoms with Gasteiger partial charge in [-0.05, 0) is 99.5 Å². The molecule has 6 rings (SSSR count). The monoisotopic (exact) mass is 787 g/mol. The van der Waals surface area contributed by atoms with Crippen LogP contribution in [0.15, 0.2) is 84.0 Å². The molecule has 54 heavy (non-hydrogen) atoms. The van der Waals surface area contributed by atoms with E-state index in [4.69, 9.17) is 49.5 Å². The van der Waals surface area contributed by atoms with Gasteiger partial charge in [0.25, 0.3) is 0 Å². The Balaban J connectivity index is 1.40. The van der Waals surface area contributed by atoms with Crippen LogP contribution in [0.5, 0.6) is 5.75 Å². The summed E-state index contributed by atoms with van der Waals surface area (Å²) >= 11 is 19.2. The van der Waals surface area contributed by atoms with E-state index in [1.54, 1.807) is 12.3 Å². The van der Waals surface area contributed by atoms with Gasteiger partial charge in [0.05, 0.1) is 22.9 Å². The van der Waals surface area contributed by atoms with Gasteiger partial charge in [-0.3, -0.25) is 19.7 Å². The number of halogens is 3. The molecule has 0 bridgehead atoms. The van der Waals surface area contributed by atoms with Crippen molar-refractivity contribution < 1.29 is 14.3 Å². The van der Waals surface area contributed by atoms with Crippen molar-refractivity contribution in [2.45, 2.75) is 84.2 Å². The molecule has 0 radical (unpaired) electrons. The number of urea groups is 1. The number of pyridine rings is 1. The maximum atomic E-state index is 15.3. The maximum absolute atomic E-state index is 15.3. The van der Waals surface area contributed by atoms with E-state index in [0.717, 1.165) is 22.4 Å². The Bertz CT molecular complexity index is 2060. The topological polar surface area (TPSA) is 87.1 Å². The highest BCUT2D eigenvalue weighted by Crippen LogP contribution is 2.54. The van der Waals surface area contributed by atoms with Gasteiger partial charge in [-0.2, -0.15) is 0 Å². The number of carbonyl (C=O) groups excluding carboxylic acids is 2. The minimum absolute atomic E-state index is 0.0926. The molecule has 1 aromatic heterocycles. The van der Waals surface area contributed by atoms with Gasteiger partial charge >= 0.3 is 6.03 Å². The Kier molecular flexibility index (Phi) is 11.4. The lowest BCUT2D eigenvalue weighted by molar-refractivity contribution is -0.117. The third kappa shape index (κ3) is 7.71. The van der Waals surface area contributed by atoms with Crippen LogP contribution in [0.1, 0.15) is 88.8 Å². The normalized spacial score (nSPS) is 20.5. The molecular formula is C43H48Cl3N5O3. The number of amidine groups is 1. The number of hydrogen-bond acceptors (Lipinski definition) is 5. The zero-order chi connectivity index (χ0) is 39.0. The minimum atomic E-state index is -1.05. The Labute approximate surface area is 333 Å². The molecule has 3 heterocycles. The number of ether oxygens (including phenoxy) is 1. The first-order valence-electron chi connectivity index (χ1n) is 18.5.